The molecule has 4 nitrogen and oxygen atoms in total. The van der Waals surface area contributed by atoms with Crippen LogP contribution in [0.1, 0.15) is 34.1 Å². The molecule has 0 aliphatic carbocycles. The molecule has 1 atom stereocenters. The Bertz CT molecular complexity index is 172. The Labute approximate surface area is 92.8 Å². The van der Waals surface area contributed by atoms with Crippen molar-refractivity contribution < 1.29 is 9.53 Å². The van der Waals surface area contributed by atoms with E-state index in [0.29, 0.717) is 19.2 Å². The molecule has 0 radical (unpaired) electrons. The third-order valence-electron chi connectivity index (χ3n) is 1.96. The van der Waals surface area contributed by atoms with Crippen molar-refractivity contribution in [3.05, 3.63) is 0 Å². The molecule has 0 saturated heterocycles. The van der Waals surface area contributed by atoms with Crippen LogP contribution in [0.5, 0.6) is 0 Å². The van der Waals surface area contributed by atoms with Gasteiger partial charge in [-0.05, 0) is 26.8 Å². The van der Waals surface area contributed by atoms with Crippen LogP contribution in [0, 0.1) is 0 Å². The smallest absolute Gasteiger partial charge is 0.248 e. The second-order valence-corrected chi connectivity index (χ2v) is 3.87. The van der Waals surface area contributed by atoms with Gasteiger partial charge in [-0.15, -0.1) is 0 Å². The molecule has 90 valence electrons. The first-order valence-electron chi connectivity index (χ1n) is 5.70. The third kappa shape index (κ3) is 8.39. The first kappa shape index (κ1) is 14.4. The second kappa shape index (κ2) is 8.68. The molecule has 0 aliphatic heterocycles. The molecule has 0 fully saturated rings. The lowest BCUT2D eigenvalue weighted by molar-refractivity contribution is -0.131. The summed E-state index contributed by atoms with van der Waals surface area (Å²) in [7, 11) is 0. The van der Waals surface area contributed by atoms with Gasteiger partial charge in [0.25, 0.3) is 0 Å². The third-order valence-corrected chi connectivity index (χ3v) is 1.96. The van der Waals surface area contributed by atoms with Gasteiger partial charge < -0.3 is 15.4 Å². The average molecular weight is 216 g/mol. The summed E-state index contributed by atoms with van der Waals surface area (Å²) in [4.78, 5) is 11.3. The Balaban J connectivity index is 3.38. The summed E-state index contributed by atoms with van der Waals surface area (Å²) in [5, 5.41) is 6.02. The topological polar surface area (TPSA) is 50.4 Å². The number of likely N-dealkylation sites (N-methyl/N-ethyl adjacent to an activating group) is 1. The van der Waals surface area contributed by atoms with E-state index >= 15 is 0 Å². The van der Waals surface area contributed by atoms with Gasteiger partial charge in [-0.1, -0.05) is 13.8 Å². The Morgan fingerprint density at radius 3 is 2.53 bits per heavy atom. The molecule has 1 amide bonds. The number of hydrogen-bond acceptors (Lipinski definition) is 3. The Hall–Kier alpha value is -0.610. The molecule has 0 aromatic heterocycles. The van der Waals surface area contributed by atoms with Crippen molar-refractivity contribution in [1.82, 2.24) is 10.6 Å². The Morgan fingerprint density at radius 2 is 2.00 bits per heavy atom. The Kier molecular flexibility index (Phi) is 8.33. The van der Waals surface area contributed by atoms with Crippen molar-refractivity contribution in [2.24, 2.45) is 0 Å². The average Bonchev–Trinajstić information content (AvgIpc) is 2.16. The molecule has 0 rings (SSSR count). The predicted octanol–water partition coefficient (Wildman–Crippen LogP) is 0.916. The number of ether oxygens (including phenoxy) is 1. The molecule has 0 aliphatic rings. The molecular weight excluding hydrogens is 192 g/mol. The summed E-state index contributed by atoms with van der Waals surface area (Å²) in [5.41, 5.74) is 0. The molecule has 0 spiro atoms. The van der Waals surface area contributed by atoms with Gasteiger partial charge >= 0.3 is 0 Å². The summed E-state index contributed by atoms with van der Waals surface area (Å²) in [6.45, 7) is 10.1. The minimum absolute atomic E-state index is 0.0330. The fourth-order valence-corrected chi connectivity index (χ4v) is 1.12. The van der Waals surface area contributed by atoms with Crippen molar-refractivity contribution in [2.75, 3.05) is 19.7 Å². The predicted molar refractivity (Wildman–Crippen MR) is 61.9 cm³/mol. The SMILES string of the molecule is CCNC(=O)C(C)OCCCNC(C)C. The van der Waals surface area contributed by atoms with Crippen molar-refractivity contribution in [3.63, 3.8) is 0 Å². The molecule has 0 heterocycles. The quantitative estimate of drug-likeness (QED) is 0.593. The second-order valence-electron chi connectivity index (χ2n) is 3.87. The molecular formula is C11H24N2O2. The largest absolute Gasteiger partial charge is 0.369 e. The highest BCUT2D eigenvalue weighted by Gasteiger charge is 2.10. The van der Waals surface area contributed by atoms with Crippen LogP contribution in [0.2, 0.25) is 0 Å². The van der Waals surface area contributed by atoms with Crippen LogP contribution in [0.4, 0.5) is 0 Å². The fraction of sp³-hybridized carbons (Fsp3) is 0.909. The number of nitrogens with one attached hydrogen (secondary N) is 2. The maximum Gasteiger partial charge on any atom is 0.248 e. The highest BCUT2D eigenvalue weighted by Crippen LogP contribution is 1.92. The Morgan fingerprint density at radius 1 is 1.33 bits per heavy atom. The summed E-state index contributed by atoms with van der Waals surface area (Å²) in [6, 6.07) is 0.505. The van der Waals surface area contributed by atoms with Crippen LogP contribution in [0.3, 0.4) is 0 Å². The summed E-state index contributed by atoms with van der Waals surface area (Å²) in [5.74, 6) is -0.0330. The molecule has 15 heavy (non-hydrogen) atoms. The van der Waals surface area contributed by atoms with Gasteiger partial charge in [0.05, 0.1) is 0 Å². The molecule has 0 bridgehead atoms. The first-order chi connectivity index (χ1) is 7.07. The lowest BCUT2D eigenvalue weighted by Gasteiger charge is -2.13. The van der Waals surface area contributed by atoms with E-state index in [1.807, 2.05) is 6.92 Å². The maximum absolute atomic E-state index is 11.3. The fourth-order valence-electron chi connectivity index (χ4n) is 1.12. The van der Waals surface area contributed by atoms with Crippen LogP contribution >= 0.6 is 0 Å². The number of hydrogen-bond donors (Lipinski definition) is 2. The van der Waals surface area contributed by atoms with Gasteiger partial charge in [0.2, 0.25) is 5.91 Å². The van der Waals surface area contributed by atoms with Crippen molar-refractivity contribution >= 4 is 5.91 Å². The lowest BCUT2D eigenvalue weighted by atomic mass is 10.3. The lowest BCUT2D eigenvalue weighted by Crippen LogP contribution is -2.34. The van der Waals surface area contributed by atoms with Gasteiger partial charge in [-0.2, -0.15) is 0 Å². The van der Waals surface area contributed by atoms with Gasteiger partial charge in [0.15, 0.2) is 0 Å². The zero-order chi connectivity index (χ0) is 11.7. The van der Waals surface area contributed by atoms with E-state index in [9.17, 15) is 4.79 Å². The van der Waals surface area contributed by atoms with Crippen molar-refractivity contribution in [2.45, 2.75) is 46.3 Å². The molecule has 1 unspecified atom stereocenters. The number of carbonyl (C=O) groups excluding carboxylic acids is 1. The van der Waals surface area contributed by atoms with E-state index in [4.69, 9.17) is 4.74 Å². The normalized spacial score (nSPS) is 12.9. The maximum atomic E-state index is 11.3. The van der Waals surface area contributed by atoms with Gasteiger partial charge in [-0.3, -0.25) is 4.79 Å². The molecule has 0 aromatic carbocycles. The molecule has 0 aromatic rings. The van der Waals surface area contributed by atoms with E-state index < -0.39 is 0 Å². The standard InChI is InChI=1S/C11H24N2O2/c1-5-12-11(14)10(4)15-8-6-7-13-9(2)3/h9-10,13H,5-8H2,1-4H3,(H,12,14). The van der Waals surface area contributed by atoms with Crippen LogP contribution in [0.25, 0.3) is 0 Å². The monoisotopic (exact) mass is 216 g/mol. The van der Waals surface area contributed by atoms with Gasteiger partial charge in [0.1, 0.15) is 6.10 Å². The highest BCUT2D eigenvalue weighted by molar-refractivity contribution is 5.80. The molecule has 0 saturated carbocycles. The first-order valence-corrected chi connectivity index (χ1v) is 5.70. The summed E-state index contributed by atoms with van der Waals surface area (Å²) < 4.78 is 5.39. The van der Waals surface area contributed by atoms with Gasteiger partial charge in [-0.25, -0.2) is 0 Å². The van der Waals surface area contributed by atoms with E-state index in [1.54, 1.807) is 6.92 Å². The molecule has 2 N–H and O–H groups in total. The van der Waals surface area contributed by atoms with Crippen LogP contribution in [-0.2, 0) is 9.53 Å². The number of carbonyl (C=O) groups is 1. The zero-order valence-electron chi connectivity index (χ0n) is 10.3. The number of rotatable bonds is 8. The highest BCUT2D eigenvalue weighted by atomic mass is 16.5. The summed E-state index contributed by atoms with van der Waals surface area (Å²) >= 11 is 0. The van der Waals surface area contributed by atoms with Crippen LogP contribution in [-0.4, -0.2) is 37.7 Å². The van der Waals surface area contributed by atoms with Gasteiger partial charge in [0, 0.05) is 19.2 Å². The van der Waals surface area contributed by atoms with Crippen molar-refractivity contribution in [3.8, 4) is 0 Å². The minimum atomic E-state index is -0.344. The zero-order valence-corrected chi connectivity index (χ0v) is 10.3. The minimum Gasteiger partial charge on any atom is -0.369 e. The van der Waals surface area contributed by atoms with Crippen LogP contribution in [0.15, 0.2) is 0 Å². The van der Waals surface area contributed by atoms with E-state index in [1.165, 1.54) is 0 Å². The van der Waals surface area contributed by atoms with E-state index in [0.717, 1.165) is 13.0 Å². The van der Waals surface area contributed by atoms with Crippen molar-refractivity contribution in [1.29, 1.82) is 0 Å². The summed E-state index contributed by atoms with van der Waals surface area (Å²) in [6.07, 6.45) is 0.589. The molecule has 4 heteroatoms. The number of amides is 1. The van der Waals surface area contributed by atoms with Crippen LogP contribution < -0.4 is 10.6 Å². The van der Waals surface area contributed by atoms with E-state index in [2.05, 4.69) is 24.5 Å². The van der Waals surface area contributed by atoms with E-state index in [-0.39, 0.29) is 12.0 Å².